The number of aromatic nitrogens is 2. The number of hydrogen-bond donors (Lipinski definition) is 0. The summed E-state index contributed by atoms with van der Waals surface area (Å²) in [6.07, 6.45) is 0. The molecule has 0 bridgehead atoms. The molecule has 1 aromatic carbocycles. The van der Waals surface area contributed by atoms with Gasteiger partial charge in [-0.25, -0.2) is 4.68 Å². The maximum absolute atomic E-state index is 11.8. The molecule has 0 fully saturated rings. The van der Waals surface area contributed by atoms with E-state index in [1.165, 1.54) is 4.68 Å². The minimum absolute atomic E-state index is 0.133. The van der Waals surface area contributed by atoms with Crippen molar-refractivity contribution in [3.63, 3.8) is 0 Å². The van der Waals surface area contributed by atoms with Crippen molar-refractivity contribution in [1.82, 2.24) is 9.78 Å². The molecule has 20 heavy (non-hydrogen) atoms. The lowest BCUT2D eigenvalue weighted by molar-refractivity contribution is 0.404. The Balaban J connectivity index is 2.67. The van der Waals surface area contributed by atoms with Gasteiger partial charge in [0, 0.05) is 18.2 Å². The van der Waals surface area contributed by atoms with Gasteiger partial charge in [0.25, 0.3) is 5.56 Å². The average Bonchev–Trinajstić information content (AvgIpc) is 2.49. The second kappa shape index (κ2) is 5.96. The summed E-state index contributed by atoms with van der Waals surface area (Å²) < 4.78 is 11.8. The molecular formula is C14H15ClN2O3. The van der Waals surface area contributed by atoms with Gasteiger partial charge in [0.05, 0.1) is 25.8 Å². The Kier molecular flexibility index (Phi) is 4.29. The molecule has 1 aromatic heterocycles. The highest BCUT2D eigenvalue weighted by Crippen LogP contribution is 2.32. The van der Waals surface area contributed by atoms with Crippen molar-refractivity contribution < 1.29 is 9.47 Å². The van der Waals surface area contributed by atoms with E-state index in [1.54, 1.807) is 39.5 Å². The average molecular weight is 295 g/mol. The highest BCUT2D eigenvalue weighted by atomic mass is 35.5. The molecule has 0 radical (unpaired) electrons. The van der Waals surface area contributed by atoms with Crippen LogP contribution in [0.15, 0.2) is 29.1 Å². The number of aryl methyl sites for hydroxylation is 1. The minimum Gasteiger partial charge on any atom is -0.497 e. The Labute approximate surface area is 121 Å². The fourth-order valence-corrected chi connectivity index (χ4v) is 2.10. The van der Waals surface area contributed by atoms with Crippen molar-refractivity contribution in [1.29, 1.82) is 0 Å². The third kappa shape index (κ3) is 2.63. The van der Waals surface area contributed by atoms with E-state index in [9.17, 15) is 4.79 Å². The quantitative estimate of drug-likeness (QED) is 0.811. The predicted molar refractivity (Wildman–Crippen MR) is 77.6 cm³/mol. The first-order chi connectivity index (χ1) is 9.60. The number of halogens is 1. The molecule has 0 saturated heterocycles. The highest BCUT2D eigenvalue weighted by Gasteiger charge is 2.12. The molecule has 6 heteroatoms. The molecule has 0 amide bonds. The first-order valence-corrected chi connectivity index (χ1v) is 6.49. The van der Waals surface area contributed by atoms with E-state index < -0.39 is 0 Å². The molecule has 2 aromatic rings. The first kappa shape index (κ1) is 14.4. The molecule has 0 aliphatic heterocycles. The van der Waals surface area contributed by atoms with Crippen LogP contribution in [0.1, 0.15) is 5.56 Å². The van der Waals surface area contributed by atoms with E-state index in [-0.39, 0.29) is 11.4 Å². The van der Waals surface area contributed by atoms with Gasteiger partial charge in [-0.05, 0) is 24.3 Å². The second-order valence-electron chi connectivity index (χ2n) is 4.18. The summed E-state index contributed by atoms with van der Waals surface area (Å²) in [7, 11) is 4.76. The van der Waals surface area contributed by atoms with Gasteiger partial charge >= 0.3 is 0 Å². The lowest BCUT2D eigenvalue weighted by atomic mass is 10.1. The first-order valence-electron chi connectivity index (χ1n) is 5.96. The maximum Gasteiger partial charge on any atom is 0.270 e. The highest BCUT2D eigenvalue weighted by molar-refractivity contribution is 6.17. The molecule has 0 unspecified atom stereocenters. The van der Waals surface area contributed by atoms with Crippen molar-refractivity contribution in [3.8, 4) is 22.8 Å². The van der Waals surface area contributed by atoms with Gasteiger partial charge in [-0.2, -0.15) is 5.10 Å². The van der Waals surface area contributed by atoms with E-state index in [2.05, 4.69) is 5.10 Å². The third-order valence-electron chi connectivity index (χ3n) is 2.96. The summed E-state index contributed by atoms with van der Waals surface area (Å²) in [4.78, 5) is 11.8. The Hall–Kier alpha value is -2.01. The van der Waals surface area contributed by atoms with Crippen molar-refractivity contribution in [2.45, 2.75) is 5.88 Å². The number of benzene rings is 1. The molecule has 0 spiro atoms. The standard InChI is InChI=1S/C14H15ClN2O3/c1-17-14(18)9(8-15)6-12(16-17)11-7-10(19-2)4-5-13(11)20-3/h4-7H,8H2,1-3H3. The molecule has 5 nitrogen and oxygen atoms in total. The van der Waals surface area contributed by atoms with Crippen LogP contribution in [0.2, 0.25) is 0 Å². The molecule has 1 heterocycles. The Morgan fingerprint density at radius 1 is 1.25 bits per heavy atom. The summed E-state index contributed by atoms with van der Waals surface area (Å²) in [5.41, 5.74) is 1.64. The van der Waals surface area contributed by atoms with Crippen LogP contribution in [0, 0.1) is 0 Å². The Morgan fingerprint density at radius 3 is 2.60 bits per heavy atom. The number of rotatable bonds is 4. The van der Waals surface area contributed by atoms with E-state index in [4.69, 9.17) is 21.1 Å². The van der Waals surface area contributed by atoms with E-state index >= 15 is 0 Å². The van der Waals surface area contributed by atoms with Gasteiger partial charge in [0.15, 0.2) is 0 Å². The lowest BCUT2D eigenvalue weighted by Gasteiger charge is -2.11. The Bertz CT molecular complexity index is 683. The van der Waals surface area contributed by atoms with Crippen molar-refractivity contribution >= 4 is 11.6 Å². The molecule has 0 aliphatic rings. The van der Waals surface area contributed by atoms with Gasteiger partial charge in [-0.1, -0.05) is 0 Å². The number of ether oxygens (including phenoxy) is 2. The van der Waals surface area contributed by atoms with Crippen molar-refractivity contribution in [2.24, 2.45) is 7.05 Å². The van der Waals surface area contributed by atoms with Gasteiger partial charge in [-0.15, -0.1) is 11.6 Å². The number of methoxy groups -OCH3 is 2. The Morgan fingerprint density at radius 2 is 2.00 bits per heavy atom. The minimum atomic E-state index is -0.203. The molecular weight excluding hydrogens is 280 g/mol. The van der Waals surface area contributed by atoms with E-state index in [1.807, 2.05) is 6.07 Å². The predicted octanol–water partition coefficient (Wildman–Crippen LogP) is 2.20. The van der Waals surface area contributed by atoms with Crippen LogP contribution in [-0.2, 0) is 12.9 Å². The van der Waals surface area contributed by atoms with Crippen LogP contribution in [-0.4, -0.2) is 24.0 Å². The van der Waals surface area contributed by atoms with Gasteiger partial charge < -0.3 is 9.47 Å². The fraction of sp³-hybridized carbons (Fsp3) is 0.286. The number of hydrogen-bond acceptors (Lipinski definition) is 4. The van der Waals surface area contributed by atoms with Crippen LogP contribution in [0.4, 0.5) is 0 Å². The normalized spacial score (nSPS) is 10.4. The SMILES string of the molecule is COc1ccc(OC)c(-c2cc(CCl)c(=O)n(C)n2)c1. The van der Waals surface area contributed by atoms with Crippen LogP contribution < -0.4 is 15.0 Å². The molecule has 0 saturated carbocycles. The molecule has 0 N–H and O–H groups in total. The molecule has 0 aliphatic carbocycles. The van der Waals surface area contributed by atoms with Crippen molar-refractivity contribution in [2.75, 3.05) is 14.2 Å². The molecule has 0 atom stereocenters. The summed E-state index contributed by atoms with van der Waals surface area (Å²) in [5, 5.41) is 4.25. The monoisotopic (exact) mass is 294 g/mol. The largest absolute Gasteiger partial charge is 0.497 e. The number of alkyl halides is 1. The van der Waals surface area contributed by atoms with Gasteiger partial charge in [-0.3, -0.25) is 4.79 Å². The van der Waals surface area contributed by atoms with E-state index in [0.717, 1.165) is 5.56 Å². The molecule has 106 valence electrons. The molecule has 2 rings (SSSR count). The zero-order valence-electron chi connectivity index (χ0n) is 11.5. The second-order valence-corrected chi connectivity index (χ2v) is 4.45. The van der Waals surface area contributed by atoms with Crippen LogP contribution in [0.3, 0.4) is 0 Å². The van der Waals surface area contributed by atoms with Crippen molar-refractivity contribution in [3.05, 3.63) is 40.2 Å². The fourth-order valence-electron chi connectivity index (χ4n) is 1.91. The summed E-state index contributed by atoms with van der Waals surface area (Å²) in [5.74, 6) is 1.47. The summed E-state index contributed by atoms with van der Waals surface area (Å²) in [6.45, 7) is 0. The van der Waals surface area contributed by atoms with Gasteiger partial charge in [0.1, 0.15) is 11.5 Å². The summed E-state index contributed by atoms with van der Waals surface area (Å²) >= 11 is 5.80. The van der Waals surface area contributed by atoms with Crippen LogP contribution in [0.5, 0.6) is 11.5 Å². The van der Waals surface area contributed by atoms with Gasteiger partial charge in [0.2, 0.25) is 0 Å². The third-order valence-corrected chi connectivity index (χ3v) is 3.25. The number of nitrogens with zero attached hydrogens (tertiary/aromatic N) is 2. The topological polar surface area (TPSA) is 53.4 Å². The van der Waals surface area contributed by atoms with Crippen LogP contribution >= 0.6 is 11.6 Å². The zero-order valence-corrected chi connectivity index (χ0v) is 12.3. The smallest absolute Gasteiger partial charge is 0.270 e. The summed E-state index contributed by atoms with van der Waals surface area (Å²) in [6, 6.07) is 7.07. The lowest BCUT2D eigenvalue weighted by Crippen LogP contribution is -2.23. The van der Waals surface area contributed by atoms with Crippen LogP contribution in [0.25, 0.3) is 11.3 Å². The van der Waals surface area contributed by atoms with E-state index in [0.29, 0.717) is 22.8 Å². The maximum atomic E-state index is 11.8. The zero-order chi connectivity index (χ0) is 14.7.